The molecule has 0 radical (unpaired) electrons. The first-order chi connectivity index (χ1) is 7.38. The molecule has 0 spiro atoms. The van der Waals surface area contributed by atoms with Gasteiger partial charge in [-0.15, -0.1) is 0 Å². The predicted molar refractivity (Wildman–Crippen MR) is 71.8 cm³/mol. The molecule has 0 bridgehead atoms. The SMILES string of the molecule is CC1CN(CCCCNC(C)(C)C)CC1C. The van der Waals surface area contributed by atoms with Crippen LogP contribution in [0.25, 0.3) is 0 Å². The monoisotopic (exact) mass is 226 g/mol. The van der Waals surface area contributed by atoms with Gasteiger partial charge in [-0.05, 0) is 58.5 Å². The Bertz CT molecular complexity index is 185. The first-order valence-corrected chi connectivity index (χ1v) is 6.86. The van der Waals surface area contributed by atoms with Gasteiger partial charge in [0.15, 0.2) is 0 Å². The number of nitrogens with one attached hydrogen (secondary N) is 1. The maximum Gasteiger partial charge on any atom is 0.00965 e. The third kappa shape index (κ3) is 5.31. The molecule has 0 aromatic rings. The van der Waals surface area contributed by atoms with E-state index in [1.165, 1.54) is 32.5 Å². The molecule has 1 heterocycles. The second kappa shape index (κ2) is 6.02. The second-order valence-corrected chi connectivity index (χ2v) is 6.60. The molecule has 0 aromatic carbocycles. The third-order valence-corrected chi connectivity index (χ3v) is 3.62. The molecule has 16 heavy (non-hydrogen) atoms. The number of rotatable bonds is 5. The molecule has 0 aromatic heterocycles. The van der Waals surface area contributed by atoms with Crippen molar-refractivity contribution in [3.8, 4) is 0 Å². The van der Waals surface area contributed by atoms with Crippen molar-refractivity contribution >= 4 is 0 Å². The molecule has 0 saturated carbocycles. The largest absolute Gasteiger partial charge is 0.312 e. The summed E-state index contributed by atoms with van der Waals surface area (Å²) in [5, 5.41) is 3.55. The lowest BCUT2D eigenvalue weighted by Crippen LogP contribution is -2.36. The van der Waals surface area contributed by atoms with E-state index >= 15 is 0 Å². The Balaban J connectivity index is 2.00. The Morgan fingerprint density at radius 2 is 1.62 bits per heavy atom. The lowest BCUT2D eigenvalue weighted by Gasteiger charge is -2.21. The fraction of sp³-hybridized carbons (Fsp3) is 1.00. The molecular weight excluding hydrogens is 196 g/mol. The summed E-state index contributed by atoms with van der Waals surface area (Å²) in [6.07, 6.45) is 2.64. The van der Waals surface area contributed by atoms with Gasteiger partial charge in [0, 0.05) is 18.6 Å². The standard InChI is InChI=1S/C14H30N2/c1-12-10-16(11-13(12)2)9-7-6-8-15-14(3,4)5/h12-13,15H,6-11H2,1-5H3. The van der Waals surface area contributed by atoms with Gasteiger partial charge in [-0.3, -0.25) is 0 Å². The van der Waals surface area contributed by atoms with E-state index in [9.17, 15) is 0 Å². The molecule has 1 N–H and O–H groups in total. The van der Waals surface area contributed by atoms with Gasteiger partial charge in [0.2, 0.25) is 0 Å². The fourth-order valence-electron chi connectivity index (χ4n) is 2.36. The van der Waals surface area contributed by atoms with E-state index in [-0.39, 0.29) is 5.54 Å². The van der Waals surface area contributed by atoms with Gasteiger partial charge in [0.1, 0.15) is 0 Å². The van der Waals surface area contributed by atoms with E-state index in [4.69, 9.17) is 0 Å². The van der Waals surface area contributed by atoms with E-state index in [0.717, 1.165) is 18.4 Å². The number of likely N-dealkylation sites (tertiary alicyclic amines) is 1. The topological polar surface area (TPSA) is 15.3 Å². The van der Waals surface area contributed by atoms with Crippen molar-refractivity contribution in [2.24, 2.45) is 11.8 Å². The van der Waals surface area contributed by atoms with Crippen LogP contribution < -0.4 is 5.32 Å². The van der Waals surface area contributed by atoms with E-state index < -0.39 is 0 Å². The predicted octanol–water partition coefficient (Wildman–Crippen LogP) is 2.74. The highest BCUT2D eigenvalue weighted by molar-refractivity contribution is 4.78. The van der Waals surface area contributed by atoms with Crippen LogP contribution in [0.1, 0.15) is 47.5 Å². The molecule has 1 aliphatic heterocycles. The Morgan fingerprint density at radius 1 is 1.06 bits per heavy atom. The van der Waals surface area contributed by atoms with Gasteiger partial charge in [0.25, 0.3) is 0 Å². The van der Waals surface area contributed by atoms with Crippen LogP contribution in [-0.4, -0.2) is 36.6 Å². The lowest BCUT2D eigenvalue weighted by molar-refractivity contribution is 0.311. The molecule has 2 atom stereocenters. The van der Waals surface area contributed by atoms with E-state index in [1.807, 2.05) is 0 Å². The van der Waals surface area contributed by atoms with E-state index in [2.05, 4.69) is 44.8 Å². The molecule has 1 aliphatic rings. The molecule has 0 aliphatic carbocycles. The van der Waals surface area contributed by atoms with Crippen LogP contribution in [0.15, 0.2) is 0 Å². The normalized spacial score (nSPS) is 27.6. The molecule has 1 saturated heterocycles. The molecule has 96 valence electrons. The summed E-state index contributed by atoms with van der Waals surface area (Å²) in [4.78, 5) is 2.63. The summed E-state index contributed by atoms with van der Waals surface area (Å²) in [6, 6.07) is 0. The molecular formula is C14H30N2. The average molecular weight is 226 g/mol. The Kier molecular flexibility index (Phi) is 5.26. The molecule has 2 unspecified atom stereocenters. The lowest BCUT2D eigenvalue weighted by atomic mass is 10.0. The van der Waals surface area contributed by atoms with Crippen LogP contribution in [0, 0.1) is 11.8 Å². The van der Waals surface area contributed by atoms with Crippen molar-refractivity contribution < 1.29 is 0 Å². The Labute approximate surface area is 102 Å². The summed E-state index contributed by atoms with van der Waals surface area (Å²) in [7, 11) is 0. The highest BCUT2D eigenvalue weighted by Gasteiger charge is 2.25. The van der Waals surface area contributed by atoms with Crippen molar-refractivity contribution in [3.63, 3.8) is 0 Å². The smallest absolute Gasteiger partial charge is 0.00965 e. The summed E-state index contributed by atoms with van der Waals surface area (Å²) in [5.41, 5.74) is 0.274. The van der Waals surface area contributed by atoms with Crippen molar-refractivity contribution in [1.29, 1.82) is 0 Å². The summed E-state index contributed by atoms with van der Waals surface area (Å²) in [6.45, 7) is 16.5. The minimum atomic E-state index is 0.274. The van der Waals surface area contributed by atoms with Crippen molar-refractivity contribution in [3.05, 3.63) is 0 Å². The third-order valence-electron chi connectivity index (χ3n) is 3.62. The molecule has 1 fully saturated rings. The van der Waals surface area contributed by atoms with Gasteiger partial charge in [-0.1, -0.05) is 13.8 Å². The number of nitrogens with zero attached hydrogens (tertiary/aromatic N) is 1. The maximum absolute atomic E-state index is 3.55. The van der Waals surface area contributed by atoms with Gasteiger partial charge in [-0.25, -0.2) is 0 Å². The molecule has 0 amide bonds. The minimum absolute atomic E-state index is 0.274. The van der Waals surface area contributed by atoms with Gasteiger partial charge >= 0.3 is 0 Å². The van der Waals surface area contributed by atoms with Crippen LogP contribution in [0.4, 0.5) is 0 Å². The zero-order valence-electron chi connectivity index (χ0n) is 11.8. The number of unbranched alkanes of at least 4 members (excludes halogenated alkanes) is 1. The Morgan fingerprint density at radius 3 is 2.12 bits per heavy atom. The van der Waals surface area contributed by atoms with Gasteiger partial charge in [0.05, 0.1) is 0 Å². The highest BCUT2D eigenvalue weighted by atomic mass is 15.1. The van der Waals surface area contributed by atoms with Crippen molar-refractivity contribution in [2.45, 2.75) is 53.0 Å². The molecule has 2 heteroatoms. The first kappa shape index (κ1) is 14.0. The molecule has 2 nitrogen and oxygen atoms in total. The summed E-state index contributed by atoms with van der Waals surface area (Å²) in [5.74, 6) is 1.79. The zero-order chi connectivity index (χ0) is 12.2. The summed E-state index contributed by atoms with van der Waals surface area (Å²) < 4.78 is 0. The van der Waals surface area contributed by atoms with Crippen LogP contribution in [0.2, 0.25) is 0 Å². The van der Waals surface area contributed by atoms with E-state index in [0.29, 0.717) is 0 Å². The maximum atomic E-state index is 3.55. The van der Waals surface area contributed by atoms with Crippen LogP contribution in [-0.2, 0) is 0 Å². The van der Waals surface area contributed by atoms with Crippen LogP contribution >= 0.6 is 0 Å². The fourth-order valence-corrected chi connectivity index (χ4v) is 2.36. The Hall–Kier alpha value is -0.0800. The molecule has 1 rings (SSSR count). The number of hydrogen-bond acceptors (Lipinski definition) is 2. The van der Waals surface area contributed by atoms with Crippen LogP contribution in [0.5, 0.6) is 0 Å². The van der Waals surface area contributed by atoms with Crippen molar-refractivity contribution in [1.82, 2.24) is 10.2 Å². The zero-order valence-corrected chi connectivity index (χ0v) is 11.8. The first-order valence-electron chi connectivity index (χ1n) is 6.86. The average Bonchev–Trinajstić information content (AvgIpc) is 2.44. The van der Waals surface area contributed by atoms with Crippen LogP contribution in [0.3, 0.4) is 0 Å². The van der Waals surface area contributed by atoms with Gasteiger partial charge < -0.3 is 10.2 Å². The van der Waals surface area contributed by atoms with Crippen molar-refractivity contribution in [2.75, 3.05) is 26.2 Å². The second-order valence-electron chi connectivity index (χ2n) is 6.60. The van der Waals surface area contributed by atoms with E-state index in [1.54, 1.807) is 0 Å². The number of hydrogen-bond donors (Lipinski definition) is 1. The minimum Gasteiger partial charge on any atom is -0.312 e. The summed E-state index contributed by atoms with van der Waals surface area (Å²) >= 11 is 0. The quantitative estimate of drug-likeness (QED) is 0.725. The highest BCUT2D eigenvalue weighted by Crippen LogP contribution is 2.21. The van der Waals surface area contributed by atoms with Gasteiger partial charge in [-0.2, -0.15) is 0 Å².